The van der Waals surface area contributed by atoms with E-state index in [4.69, 9.17) is 21.1 Å². The third-order valence-corrected chi connectivity index (χ3v) is 5.12. The van der Waals surface area contributed by atoms with Crippen LogP contribution in [0, 0.1) is 12.5 Å². The Labute approximate surface area is 224 Å². The van der Waals surface area contributed by atoms with E-state index in [1.54, 1.807) is 6.20 Å². The number of nitrogens with one attached hydrogen (secondary N) is 2. The Kier molecular flexibility index (Phi) is 9.24. The summed E-state index contributed by atoms with van der Waals surface area (Å²) in [6.45, 7) is 1.96. The maximum Gasteiger partial charge on any atom is 0.170 e. The van der Waals surface area contributed by atoms with Gasteiger partial charge in [-0.2, -0.15) is 5.10 Å². The number of benzene rings is 2. The Balaban J connectivity index is 0.00000228. The van der Waals surface area contributed by atoms with Gasteiger partial charge in [-0.05, 0) is 49.2 Å². The molecule has 0 aliphatic carbocycles. The topological polar surface area (TPSA) is 122 Å². The van der Waals surface area contributed by atoms with E-state index in [9.17, 15) is 0 Å². The van der Waals surface area contributed by atoms with E-state index < -0.39 is 0 Å². The van der Waals surface area contributed by atoms with Gasteiger partial charge in [0.1, 0.15) is 17.3 Å². The number of rotatable bonds is 8. The van der Waals surface area contributed by atoms with Crippen molar-refractivity contribution in [2.24, 2.45) is 16.1 Å². The number of aryl methyl sites for hydroxylation is 2. The van der Waals surface area contributed by atoms with Crippen molar-refractivity contribution in [3.8, 4) is 22.8 Å². The third-order valence-electron chi connectivity index (χ3n) is 5.12. The number of halogens is 1. The van der Waals surface area contributed by atoms with E-state index in [1.807, 2.05) is 85.8 Å². The lowest BCUT2D eigenvalue weighted by atomic mass is 10.1. The quantitative estimate of drug-likeness (QED) is 0.0501. The highest BCUT2D eigenvalue weighted by Gasteiger charge is 2.10. The first-order chi connectivity index (χ1) is 16.6. The summed E-state index contributed by atoms with van der Waals surface area (Å²) in [4.78, 5) is 9.11. The summed E-state index contributed by atoms with van der Waals surface area (Å²) >= 11 is 0. The summed E-state index contributed by atoms with van der Waals surface area (Å²) in [5.41, 5.74) is 11.7. The van der Waals surface area contributed by atoms with Gasteiger partial charge in [0.15, 0.2) is 11.6 Å². The minimum Gasteiger partial charge on any atom is -0.455 e. The monoisotopic (exact) mass is 583 g/mol. The van der Waals surface area contributed by atoms with E-state index in [0.29, 0.717) is 36.0 Å². The number of pyridine rings is 2. The van der Waals surface area contributed by atoms with Crippen molar-refractivity contribution in [3.05, 3.63) is 96.3 Å². The Bertz CT molecular complexity index is 1320. The molecule has 0 spiro atoms. The molecule has 0 atom stereocenters. The third kappa shape index (κ3) is 7.06. The highest BCUT2D eigenvalue weighted by atomic mass is 127. The zero-order valence-electron chi connectivity index (χ0n) is 19.2. The van der Waals surface area contributed by atoms with E-state index in [1.165, 1.54) is 0 Å². The Hall–Kier alpha value is -3.86. The highest BCUT2D eigenvalue weighted by Crippen LogP contribution is 2.32. The molecular formula is C26H30IN7O. The Morgan fingerprint density at radius 1 is 1.06 bits per heavy atom. The summed E-state index contributed by atoms with van der Waals surface area (Å²) in [6.07, 6.45) is 2.87. The number of nitrogens with two attached hydrogens (primary N) is 1. The van der Waals surface area contributed by atoms with Crippen molar-refractivity contribution in [1.82, 2.24) is 9.97 Å². The van der Waals surface area contributed by atoms with E-state index in [0.717, 1.165) is 28.2 Å². The molecule has 0 radical (unpaired) electrons. The zero-order valence-corrected chi connectivity index (χ0v) is 21.5. The Morgan fingerprint density at radius 3 is 2.66 bits per heavy atom. The van der Waals surface area contributed by atoms with Crippen LogP contribution in [0.25, 0.3) is 11.3 Å². The number of aromatic nitrogens is 2. The van der Waals surface area contributed by atoms with Crippen molar-refractivity contribution in [1.29, 1.82) is 5.53 Å². The maximum absolute atomic E-state index is 7.07. The van der Waals surface area contributed by atoms with Crippen LogP contribution in [0.15, 0.2) is 95.3 Å². The summed E-state index contributed by atoms with van der Waals surface area (Å²) in [6, 6.07) is 25.4. The molecule has 0 aliphatic rings. The van der Waals surface area contributed by atoms with Crippen LogP contribution in [0.5, 0.6) is 11.5 Å². The fraction of sp³-hybridized carbons (Fsp3) is 0.115. The van der Waals surface area contributed by atoms with Crippen LogP contribution in [0.3, 0.4) is 0 Å². The van der Waals surface area contributed by atoms with Crippen LogP contribution >= 0.6 is 24.0 Å². The van der Waals surface area contributed by atoms with Crippen molar-refractivity contribution in [2.75, 3.05) is 5.32 Å². The number of hydrazone groups is 1. The summed E-state index contributed by atoms with van der Waals surface area (Å²) < 4.78 is 6.21. The van der Waals surface area contributed by atoms with Gasteiger partial charge in [-0.1, -0.05) is 42.5 Å². The number of nitrogens with zero attached hydrogens (tertiary/aromatic N) is 4. The smallest absolute Gasteiger partial charge is 0.170 e. The van der Waals surface area contributed by atoms with Crippen LogP contribution in [-0.4, -0.2) is 15.8 Å². The van der Waals surface area contributed by atoms with Gasteiger partial charge in [-0.15, -0.1) is 29.1 Å². The van der Waals surface area contributed by atoms with Gasteiger partial charge in [-0.3, -0.25) is 0 Å². The lowest BCUT2D eigenvalue weighted by Crippen LogP contribution is -2.01. The van der Waals surface area contributed by atoms with Gasteiger partial charge in [-0.25, -0.2) is 15.5 Å². The molecule has 0 unspecified atom stereocenters. The predicted octanol–water partition coefficient (Wildman–Crippen LogP) is 7.33. The number of hydrogen-bond acceptors (Lipinski definition) is 7. The van der Waals surface area contributed by atoms with Crippen molar-refractivity contribution in [3.63, 3.8) is 0 Å². The van der Waals surface area contributed by atoms with Crippen molar-refractivity contribution >= 4 is 41.3 Å². The predicted molar refractivity (Wildman–Crippen MR) is 153 cm³/mol. The molecule has 4 rings (SSSR count). The molecule has 0 aliphatic heterocycles. The fourth-order valence-corrected chi connectivity index (χ4v) is 3.46. The molecule has 8 nitrogen and oxygen atoms in total. The fourth-order valence-electron chi connectivity index (χ4n) is 3.46. The number of anilines is 2. The largest absolute Gasteiger partial charge is 0.455 e. The number of ether oxygens (including phenoxy) is 1. The Morgan fingerprint density at radius 2 is 1.89 bits per heavy atom. The molecular weight excluding hydrogens is 553 g/mol. The van der Waals surface area contributed by atoms with Crippen LogP contribution in [0.1, 0.15) is 20.5 Å². The van der Waals surface area contributed by atoms with Crippen LogP contribution in [-0.2, 0) is 6.42 Å². The normalized spacial score (nSPS) is 10.8. The van der Waals surface area contributed by atoms with E-state index in [-0.39, 0.29) is 26.8 Å². The van der Waals surface area contributed by atoms with Gasteiger partial charge in [0.25, 0.3) is 0 Å². The average Bonchev–Trinajstić information content (AvgIpc) is 2.87. The molecule has 35 heavy (non-hydrogen) atoms. The van der Waals surface area contributed by atoms with Crippen LogP contribution in [0.4, 0.5) is 11.5 Å². The maximum atomic E-state index is 7.07. The number of hydrogen-bond donors (Lipinski definition) is 3. The first-order valence-corrected chi connectivity index (χ1v) is 10.8. The van der Waals surface area contributed by atoms with Crippen molar-refractivity contribution in [2.45, 2.75) is 19.8 Å². The molecule has 0 fully saturated rings. The highest BCUT2D eigenvalue weighted by molar-refractivity contribution is 14.0. The summed E-state index contributed by atoms with van der Waals surface area (Å²) in [7, 11) is 0. The van der Waals surface area contributed by atoms with Crippen LogP contribution < -0.4 is 15.9 Å². The van der Waals surface area contributed by atoms with Gasteiger partial charge in [0, 0.05) is 38.5 Å². The summed E-state index contributed by atoms with van der Waals surface area (Å²) in [5.74, 6) is 7.53. The molecule has 182 valence electrons. The minimum absolute atomic E-state index is 0. The first-order valence-electron chi connectivity index (χ1n) is 10.8. The first kappa shape index (κ1) is 25.8. The average molecular weight is 583 g/mol. The molecule has 4 aromatic rings. The number of amidine groups is 1. The molecule has 0 saturated carbocycles. The zero-order chi connectivity index (χ0) is 23.8. The van der Waals surface area contributed by atoms with E-state index in [2.05, 4.69) is 20.5 Å². The summed E-state index contributed by atoms with van der Waals surface area (Å²) in [5, 5.41) is 10.1. The molecule has 0 bridgehead atoms. The molecule has 9 heteroatoms. The van der Waals surface area contributed by atoms with Gasteiger partial charge in [0.2, 0.25) is 0 Å². The molecule has 0 amide bonds. The van der Waals surface area contributed by atoms with Gasteiger partial charge < -0.3 is 15.9 Å². The van der Waals surface area contributed by atoms with Gasteiger partial charge in [0.05, 0.1) is 0 Å². The standard InChI is InChI=1S/C26H25N7O.HI.2H2/c1-18-10-12-23(26(30-18)20-7-3-2-4-8-20)34-22-14-15-29-25(17-22)31-21-9-5-6-19(16-21)11-13-24(32-27)33-28;;;/h2-10,12,14-17,27H,11,13,28H2,1H3,(H,29,31);3*1H/b32-27?,33-24-;;;. The second kappa shape index (κ2) is 12.6. The van der Waals surface area contributed by atoms with Crippen molar-refractivity contribution < 1.29 is 7.59 Å². The lowest BCUT2D eigenvalue weighted by molar-refractivity contribution is 0.482. The molecule has 2 aromatic carbocycles. The second-order valence-electron chi connectivity index (χ2n) is 7.63. The van der Waals surface area contributed by atoms with E-state index >= 15 is 0 Å². The SMILES string of the molecule is Cc1ccc(Oc2ccnc(Nc3cccc(CC/C(N=N)=N/N)c3)c2)c(-c2ccccc2)n1.I.[HH].[HH]. The van der Waals surface area contributed by atoms with Crippen LogP contribution in [0.2, 0.25) is 0 Å². The molecule has 4 N–H and O–H groups in total. The molecule has 2 heterocycles. The second-order valence-corrected chi connectivity index (χ2v) is 7.63. The minimum atomic E-state index is 0. The molecule has 2 aromatic heterocycles. The lowest BCUT2D eigenvalue weighted by Gasteiger charge is -2.13. The molecule has 0 saturated heterocycles. The van der Waals surface area contributed by atoms with Gasteiger partial charge >= 0.3 is 0 Å².